The van der Waals surface area contributed by atoms with E-state index >= 15 is 0 Å². The van der Waals surface area contributed by atoms with Gasteiger partial charge in [-0.05, 0) is 18.4 Å². The second-order valence-electron chi connectivity index (χ2n) is 7.91. The first-order valence-electron chi connectivity index (χ1n) is 10.2. The molecule has 0 radical (unpaired) electrons. The topological polar surface area (TPSA) is 91.4 Å². The highest BCUT2D eigenvalue weighted by Crippen LogP contribution is 2.26. The van der Waals surface area contributed by atoms with Crippen molar-refractivity contribution in [3.05, 3.63) is 35.2 Å². The highest BCUT2D eigenvalue weighted by molar-refractivity contribution is 7.14. The molecule has 1 unspecified atom stereocenters. The number of amides is 3. The number of anilines is 1. The minimum Gasteiger partial charge on any atom is -0.352 e. The van der Waals surface area contributed by atoms with Crippen LogP contribution in [-0.4, -0.2) is 40.7 Å². The highest BCUT2D eigenvalue weighted by atomic mass is 32.1. The van der Waals surface area contributed by atoms with Crippen molar-refractivity contribution in [2.24, 2.45) is 11.8 Å². The van der Waals surface area contributed by atoms with Gasteiger partial charge in [-0.15, -0.1) is 11.3 Å². The number of carbonyl (C=O) groups is 3. The maximum Gasteiger partial charge on any atom is 0.231 e. The van der Waals surface area contributed by atoms with Crippen LogP contribution in [0.5, 0.6) is 0 Å². The molecule has 1 aliphatic heterocycles. The van der Waals surface area contributed by atoms with Gasteiger partial charge in [-0.1, -0.05) is 38.1 Å². The number of nitrogens with one attached hydrogen (secondary N) is 2. The van der Waals surface area contributed by atoms with E-state index in [1.807, 2.05) is 43.5 Å². The lowest BCUT2D eigenvalue weighted by molar-refractivity contribution is -0.137. The smallest absolute Gasteiger partial charge is 0.231 e. The molecule has 2 N–H and O–H groups in total. The summed E-state index contributed by atoms with van der Waals surface area (Å²) in [6, 6.07) is 7.80. The Bertz CT molecular complexity index is 907. The molecule has 30 heavy (non-hydrogen) atoms. The largest absolute Gasteiger partial charge is 0.352 e. The number of hydrogen-bond acceptors (Lipinski definition) is 5. The van der Waals surface area contributed by atoms with Crippen molar-refractivity contribution in [3.63, 3.8) is 0 Å². The Labute approximate surface area is 180 Å². The van der Waals surface area contributed by atoms with Crippen LogP contribution in [0.15, 0.2) is 29.6 Å². The van der Waals surface area contributed by atoms with Gasteiger partial charge in [-0.25, -0.2) is 4.98 Å². The Balaban J connectivity index is 1.59. The van der Waals surface area contributed by atoms with Gasteiger partial charge in [0.25, 0.3) is 0 Å². The molecule has 2 heterocycles. The van der Waals surface area contributed by atoms with Crippen LogP contribution in [0.25, 0.3) is 11.3 Å². The number of benzene rings is 1. The van der Waals surface area contributed by atoms with Crippen LogP contribution in [-0.2, 0) is 20.9 Å². The van der Waals surface area contributed by atoms with Gasteiger partial charge in [0.1, 0.15) is 0 Å². The number of aromatic nitrogens is 1. The summed E-state index contributed by atoms with van der Waals surface area (Å²) >= 11 is 1.39. The van der Waals surface area contributed by atoms with Crippen LogP contribution in [0.1, 0.15) is 39.2 Å². The fourth-order valence-electron chi connectivity index (χ4n) is 3.45. The van der Waals surface area contributed by atoms with Crippen LogP contribution in [0, 0.1) is 11.8 Å². The quantitative estimate of drug-likeness (QED) is 0.739. The van der Waals surface area contributed by atoms with Crippen LogP contribution < -0.4 is 10.6 Å². The molecule has 3 rings (SSSR count). The SMILES string of the molecule is CC(=O)NCc1ccc(-c2csc(NC(=O)C3CCCN(C(=O)C(C)C)C3)n2)cc1. The molecule has 1 atom stereocenters. The summed E-state index contributed by atoms with van der Waals surface area (Å²) in [6.07, 6.45) is 1.62. The van der Waals surface area contributed by atoms with Gasteiger partial charge in [-0.2, -0.15) is 0 Å². The maximum atomic E-state index is 12.7. The summed E-state index contributed by atoms with van der Waals surface area (Å²) in [4.78, 5) is 42.3. The number of thiazole rings is 1. The van der Waals surface area contributed by atoms with E-state index in [2.05, 4.69) is 15.6 Å². The third-order valence-electron chi connectivity index (χ3n) is 5.12. The van der Waals surface area contributed by atoms with E-state index in [0.717, 1.165) is 36.2 Å². The Morgan fingerprint density at radius 3 is 2.63 bits per heavy atom. The van der Waals surface area contributed by atoms with E-state index in [9.17, 15) is 14.4 Å². The second kappa shape index (κ2) is 9.84. The van der Waals surface area contributed by atoms with E-state index in [-0.39, 0.29) is 29.6 Å². The maximum absolute atomic E-state index is 12.7. The lowest BCUT2D eigenvalue weighted by Gasteiger charge is -2.33. The normalized spacial score (nSPS) is 16.4. The average Bonchev–Trinajstić information content (AvgIpc) is 3.20. The number of nitrogens with zero attached hydrogens (tertiary/aromatic N) is 2. The molecule has 1 aliphatic rings. The fourth-order valence-corrected chi connectivity index (χ4v) is 4.17. The number of piperidine rings is 1. The van der Waals surface area contributed by atoms with Crippen molar-refractivity contribution in [1.29, 1.82) is 0 Å². The third kappa shape index (κ3) is 5.66. The molecule has 0 aliphatic carbocycles. The van der Waals surface area contributed by atoms with E-state index in [4.69, 9.17) is 0 Å². The lowest BCUT2D eigenvalue weighted by Crippen LogP contribution is -2.45. The number of likely N-dealkylation sites (tertiary alicyclic amines) is 1. The molecule has 1 aromatic heterocycles. The van der Waals surface area contributed by atoms with E-state index in [0.29, 0.717) is 18.2 Å². The third-order valence-corrected chi connectivity index (χ3v) is 5.88. The first-order chi connectivity index (χ1) is 14.3. The minimum absolute atomic E-state index is 0.0574. The molecule has 1 saturated heterocycles. The van der Waals surface area contributed by atoms with Crippen molar-refractivity contribution in [2.45, 2.75) is 40.2 Å². The molecule has 0 bridgehead atoms. The first-order valence-corrected chi connectivity index (χ1v) is 11.1. The standard InChI is InChI=1S/C22H28N4O3S/c1-14(2)21(29)26-10-4-5-18(12-26)20(28)25-22-24-19(13-30-22)17-8-6-16(7-9-17)11-23-15(3)27/h6-9,13-14,18H,4-5,10-12H2,1-3H3,(H,23,27)(H,24,25,28). The van der Waals surface area contributed by atoms with Gasteiger partial charge >= 0.3 is 0 Å². The summed E-state index contributed by atoms with van der Waals surface area (Å²) < 4.78 is 0. The first kappa shape index (κ1) is 22.0. The van der Waals surface area contributed by atoms with Gasteiger partial charge in [0.05, 0.1) is 11.6 Å². The molecule has 0 saturated carbocycles. The molecule has 3 amide bonds. The zero-order chi connectivity index (χ0) is 21.7. The zero-order valence-corrected chi connectivity index (χ0v) is 18.4. The number of hydrogen-bond donors (Lipinski definition) is 2. The molecule has 160 valence electrons. The summed E-state index contributed by atoms with van der Waals surface area (Å²) in [5.74, 6) is -0.303. The Kier molecular flexibility index (Phi) is 7.20. The molecule has 2 aromatic rings. The van der Waals surface area contributed by atoms with Gasteiger partial charge in [-0.3, -0.25) is 14.4 Å². The molecule has 8 heteroatoms. The van der Waals surface area contributed by atoms with Crippen LogP contribution in [0.3, 0.4) is 0 Å². The van der Waals surface area contributed by atoms with Gasteiger partial charge in [0.2, 0.25) is 17.7 Å². The van der Waals surface area contributed by atoms with E-state index in [1.165, 1.54) is 18.3 Å². The van der Waals surface area contributed by atoms with Gasteiger partial charge < -0.3 is 15.5 Å². The summed E-state index contributed by atoms with van der Waals surface area (Å²) in [6.45, 7) is 6.94. The molecule has 1 aromatic carbocycles. The number of rotatable bonds is 6. The van der Waals surface area contributed by atoms with Crippen LogP contribution >= 0.6 is 11.3 Å². The summed E-state index contributed by atoms with van der Waals surface area (Å²) in [7, 11) is 0. The van der Waals surface area contributed by atoms with Crippen molar-refractivity contribution in [3.8, 4) is 11.3 Å². The van der Waals surface area contributed by atoms with Crippen LogP contribution in [0.4, 0.5) is 5.13 Å². The monoisotopic (exact) mass is 428 g/mol. The molecular weight excluding hydrogens is 400 g/mol. The number of carbonyl (C=O) groups excluding carboxylic acids is 3. The van der Waals surface area contributed by atoms with Crippen molar-refractivity contribution >= 4 is 34.2 Å². The van der Waals surface area contributed by atoms with Gasteiger partial charge in [0.15, 0.2) is 5.13 Å². The Morgan fingerprint density at radius 1 is 1.23 bits per heavy atom. The Hall–Kier alpha value is -2.74. The summed E-state index contributed by atoms with van der Waals surface area (Å²) in [5.41, 5.74) is 2.75. The predicted molar refractivity (Wildman–Crippen MR) is 118 cm³/mol. The van der Waals surface area contributed by atoms with E-state index in [1.54, 1.807) is 4.90 Å². The minimum atomic E-state index is -0.207. The summed E-state index contributed by atoms with van der Waals surface area (Å²) in [5, 5.41) is 8.16. The molecular formula is C22H28N4O3S. The zero-order valence-electron chi connectivity index (χ0n) is 17.6. The second-order valence-corrected chi connectivity index (χ2v) is 8.77. The average molecular weight is 429 g/mol. The molecule has 1 fully saturated rings. The van der Waals surface area contributed by atoms with Gasteiger partial charge in [0, 0.05) is 43.4 Å². The van der Waals surface area contributed by atoms with Crippen molar-refractivity contribution in [1.82, 2.24) is 15.2 Å². The molecule has 7 nitrogen and oxygen atoms in total. The Morgan fingerprint density at radius 2 is 1.97 bits per heavy atom. The lowest BCUT2D eigenvalue weighted by atomic mass is 9.96. The van der Waals surface area contributed by atoms with Crippen molar-refractivity contribution < 1.29 is 14.4 Å². The molecule has 0 spiro atoms. The van der Waals surface area contributed by atoms with Crippen molar-refractivity contribution in [2.75, 3.05) is 18.4 Å². The van der Waals surface area contributed by atoms with Crippen LogP contribution in [0.2, 0.25) is 0 Å². The fraction of sp³-hybridized carbons (Fsp3) is 0.455. The van der Waals surface area contributed by atoms with E-state index < -0.39 is 0 Å². The highest BCUT2D eigenvalue weighted by Gasteiger charge is 2.29. The predicted octanol–water partition coefficient (Wildman–Crippen LogP) is 3.28.